The Morgan fingerprint density at radius 3 is 2.16 bits per heavy atom. The lowest BCUT2D eigenvalue weighted by Gasteiger charge is -2.32. The molecule has 166 valence electrons. The molecule has 0 bridgehead atoms. The fourth-order valence-corrected chi connectivity index (χ4v) is 4.66. The molecule has 0 N–H and O–H groups in total. The number of fused-ring (bicyclic) bond motifs is 1. The molecule has 0 aromatic heterocycles. The van der Waals surface area contributed by atoms with Gasteiger partial charge in [-0.15, -0.1) is 0 Å². The molecule has 1 aliphatic carbocycles. The number of carbonyl (C=O) groups is 1. The number of carbonyl (C=O) groups excluding carboxylic acids is 1. The van der Waals surface area contributed by atoms with Gasteiger partial charge in [0.2, 0.25) is 0 Å². The zero-order valence-electron chi connectivity index (χ0n) is 19.5. The van der Waals surface area contributed by atoms with Crippen LogP contribution in [0.1, 0.15) is 54.5 Å². The van der Waals surface area contributed by atoms with Crippen molar-refractivity contribution < 1.29 is 9.53 Å². The first-order chi connectivity index (χ1) is 15.3. The van der Waals surface area contributed by atoms with E-state index in [9.17, 15) is 4.79 Å². The van der Waals surface area contributed by atoms with Gasteiger partial charge >= 0.3 is 6.09 Å². The Hall–Kier alpha value is -3.07. The van der Waals surface area contributed by atoms with Gasteiger partial charge in [-0.3, -0.25) is 0 Å². The van der Waals surface area contributed by atoms with Crippen LogP contribution in [0, 0.1) is 0 Å². The molecule has 3 aromatic carbocycles. The average Bonchev–Trinajstić information content (AvgIpc) is 3.12. The van der Waals surface area contributed by atoms with Gasteiger partial charge in [0, 0.05) is 19.0 Å². The van der Waals surface area contributed by atoms with Gasteiger partial charge in [0.15, 0.2) is 0 Å². The highest BCUT2D eigenvalue weighted by Crippen LogP contribution is 2.38. The van der Waals surface area contributed by atoms with Gasteiger partial charge in [-0.25, -0.2) is 4.79 Å². The molecule has 3 aromatic rings. The van der Waals surface area contributed by atoms with Crippen LogP contribution in [0.5, 0.6) is 0 Å². The Morgan fingerprint density at radius 1 is 0.875 bits per heavy atom. The van der Waals surface area contributed by atoms with E-state index >= 15 is 0 Å². The minimum absolute atomic E-state index is 0.0891. The molecule has 0 aliphatic heterocycles. The van der Waals surface area contributed by atoms with E-state index in [0.29, 0.717) is 0 Å². The molecule has 32 heavy (non-hydrogen) atoms. The molecule has 0 radical (unpaired) electrons. The first kappa shape index (κ1) is 22.1. The first-order valence-electron chi connectivity index (χ1n) is 11.5. The van der Waals surface area contributed by atoms with Crippen molar-refractivity contribution in [3.8, 4) is 0 Å². The molecule has 0 unspecified atom stereocenters. The molecule has 0 saturated carbocycles. The van der Waals surface area contributed by atoms with Crippen molar-refractivity contribution in [1.82, 2.24) is 4.90 Å². The van der Waals surface area contributed by atoms with Crippen LogP contribution in [-0.4, -0.2) is 29.7 Å². The lowest BCUT2D eigenvalue weighted by Crippen LogP contribution is -2.43. The maximum absolute atomic E-state index is 12.8. The monoisotopic (exact) mass is 427 g/mol. The topological polar surface area (TPSA) is 29.5 Å². The summed E-state index contributed by atoms with van der Waals surface area (Å²) in [6, 6.07) is 28.2. The predicted molar refractivity (Wildman–Crippen MR) is 130 cm³/mol. The molecule has 2 atom stereocenters. The highest BCUT2D eigenvalue weighted by atomic mass is 16.6. The van der Waals surface area contributed by atoms with Crippen molar-refractivity contribution in [2.24, 2.45) is 0 Å². The fourth-order valence-electron chi connectivity index (χ4n) is 4.66. The summed E-state index contributed by atoms with van der Waals surface area (Å²) in [4.78, 5) is 14.6. The second kappa shape index (κ2) is 9.20. The van der Waals surface area contributed by atoms with E-state index in [2.05, 4.69) is 78.9 Å². The largest absolute Gasteiger partial charge is 0.444 e. The molecule has 0 heterocycles. The number of amides is 1. The molecule has 3 heteroatoms. The van der Waals surface area contributed by atoms with Crippen LogP contribution < -0.4 is 0 Å². The zero-order chi connectivity index (χ0) is 22.7. The first-order valence-corrected chi connectivity index (χ1v) is 11.5. The number of nitrogens with zero attached hydrogens (tertiary/aromatic N) is 1. The Morgan fingerprint density at radius 2 is 1.47 bits per heavy atom. The van der Waals surface area contributed by atoms with Gasteiger partial charge in [-0.2, -0.15) is 0 Å². The van der Waals surface area contributed by atoms with Gasteiger partial charge in [0.05, 0.1) is 0 Å². The van der Waals surface area contributed by atoms with Crippen molar-refractivity contribution in [3.63, 3.8) is 0 Å². The summed E-state index contributed by atoms with van der Waals surface area (Å²) in [5.41, 5.74) is 6.12. The maximum Gasteiger partial charge on any atom is 0.410 e. The van der Waals surface area contributed by atoms with Crippen LogP contribution in [-0.2, 0) is 24.0 Å². The number of ether oxygens (including phenoxy) is 1. The van der Waals surface area contributed by atoms with Gasteiger partial charge in [0.1, 0.15) is 5.60 Å². The van der Waals surface area contributed by atoms with E-state index in [1.807, 2.05) is 27.8 Å². The van der Waals surface area contributed by atoms with Gasteiger partial charge in [0.25, 0.3) is 0 Å². The molecule has 1 aliphatic rings. The maximum atomic E-state index is 12.8. The van der Waals surface area contributed by atoms with Crippen LogP contribution in [0.3, 0.4) is 0 Å². The number of hydrogen-bond acceptors (Lipinski definition) is 2. The quantitative estimate of drug-likeness (QED) is 0.472. The highest BCUT2D eigenvalue weighted by molar-refractivity contribution is 5.69. The molecular weight excluding hydrogens is 394 g/mol. The van der Waals surface area contributed by atoms with E-state index in [0.717, 1.165) is 19.3 Å². The molecule has 3 nitrogen and oxygen atoms in total. The number of benzene rings is 3. The van der Waals surface area contributed by atoms with E-state index in [-0.39, 0.29) is 18.1 Å². The van der Waals surface area contributed by atoms with E-state index < -0.39 is 5.60 Å². The summed E-state index contributed by atoms with van der Waals surface area (Å²) in [6.07, 6.45) is 2.46. The summed E-state index contributed by atoms with van der Waals surface area (Å²) >= 11 is 0. The third-order valence-corrected chi connectivity index (χ3v) is 6.26. The Bertz CT molecular complexity index is 1050. The van der Waals surface area contributed by atoms with Crippen molar-refractivity contribution in [3.05, 3.63) is 107 Å². The molecular formula is C29H33NO2. The SMILES string of the molecule is CN(C(=O)OC(C)(C)C)[C@@H]1Cc2ccccc2[C@H]1Cc1ccc(Cc2ccccc2)cc1. The molecule has 1 amide bonds. The summed E-state index contributed by atoms with van der Waals surface area (Å²) in [5.74, 6) is 0.253. The molecule has 0 saturated heterocycles. The minimum Gasteiger partial charge on any atom is -0.444 e. The Balaban J connectivity index is 1.52. The van der Waals surface area contributed by atoms with E-state index in [1.165, 1.54) is 27.8 Å². The van der Waals surface area contributed by atoms with Gasteiger partial charge < -0.3 is 9.64 Å². The van der Waals surface area contributed by atoms with Crippen LogP contribution in [0.4, 0.5) is 4.79 Å². The van der Waals surface area contributed by atoms with Crippen LogP contribution in [0.25, 0.3) is 0 Å². The average molecular weight is 428 g/mol. The van der Waals surface area contributed by atoms with Gasteiger partial charge in [-0.05, 0) is 67.9 Å². The lowest BCUT2D eigenvalue weighted by molar-refractivity contribution is 0.0207. The van der Waals surface area contributed by atoms with Crippen molar-refractivity contribution >= 4 is 6.09 Å². The fraction of sp³-hybridized carbons (Fsp3) is 0.345. The van der Waals surface area contributed by atoms with Crippen LogP contribution in [0.15, 0.2) is 78.9 Å². The second-order valence-corrected chi connectivity index (χ2v) is 9.85. The third kappa shape index (κ3) is 5.21. The highest BCUT2D eigenvalue weighted by Gasteiger charge is 2.38. The number of hydrogen-bond donors (Lipinski definition) is 0. The predicted octanol–water partition coefficient (Wildman–Crippen LogP) is 6.40. The summed E-state index contributed by atoms with van der Waals surface area (Å²) in [7, 11) is 1.88. The van der Waals surface area contributed by atoms with Crippen LogP contribution in [0.2, 0.25) is 0 Å². The second-order valence-electron chi connectivity index (χ2n) is 9.85. The summed E-state index contributed by atoms with van der Waals surface area (Å²) in [5, 5.41) is 0. The lowest BCUT2D eigenvalue weighted by atomic mass is 9.89. The minimum atomic E-state index is -0.499. The Labute approximate surface area is 192 Å². The van der Waals surface area contributed by atoms with Gasteiger partial charge in [-0.1, -0.05) is 78.9 Å². The van der Waals surface area contributed by atoms with Crippen molar-refractivity contribution in [2.45, 2.75) is 57.6 Å². The van der Waals surface area contributed by atoms with Crippen molar-refractivity contribution in [2.75, 3.05) is 7.05 Å². The summed E-state index contributed by atoms with van der Waals surface area (Å²) in [6.45, 7) is 5.74. The molecule has 0 fully saturated rings. The smallest absolute Gasteiger partial charge is 0.410 e. The zero-order valence-corrected chi connectivity index (χ0v) is 19.5. The van der Waals surface area contributed by atoms with Crippen LogP contribution >= 0.6 is 0 Å². The third-order valence-electron chi connectivity index (χ3n) is 6.26. The normalized spacial score (nSPS) is 17.6. The standard InChI is InChI=1S/C29H33NO2/c1-29(2,3)32-28(31)30(4)27-20-24-12-8-9-13-25(24)26(27)19-23-16-14-22(15-17-23)18-21-10-6-5-7-11-21/h5-17,26-27H,18-20H2,1-4H3/t26-,27-/m1/s1. The van der Waals surface area contributed by atoms with E-state index in [1.54, 1.807) is 4.90 Å². The summed E-state index contributed by atoms with van der Waals surface area (Å²) < 4.78 is 5.67. The van der Waals surface area contributed by atoms with E-state index in [4.69, 9.17) is 4.74 Å². The van der Waals surface area contributed by atoms with Crippen molar-refractivity contribution in [1.29, 1.82) is 0 Å². The Kier molecular flexibility index (Phi) is 6.36. The number of rotatable bonds is 5. The number of likely N-dealkylation sites (N-methyl/N-ethyl adjacent to an activating group) is 1. The molecule has 0 spiro atoms. The molecule has 4 rings (SSSR count).